The average Bonchev–Trinajstić information content (AvgIpc) is 2.37. The SMILES string of the molecule is C=C1NC(=S)N[C@@H](c2ccccc2F)[C@H]1C(=O)OC. The molecular weight excluding hydrogens is 267 g/mol. The van der Waals surface area contributed by atoms with Crippen LogP contribution in [0.5, 0.6) is 0 Å². The maximum atomic E-state index is 13.9. The zero-order valence-electron chi connectivity index (χ0n) is 10.3. The van der Waals surface area contributed by atoms with Gasteiger partial charge in [-0.05, 0) is 18.3 Å². The maximum Gasteiger partial charge on any atom is 0.317 e. The van der Waals surface area contributed by atoms with E-state index in [1.165, 1.54) is 13.2 Å². The number of hydrogen-bond acceptors (Lipinski definition) is 3. The lowest BCUT2D eigenvalue weighted by Gasteiger charge is -2.34. The van der Waals surface area contributed by atoms with Gasteiger partial charge in [-0.3, -0.25) is 4.79 Å². The number of carbonyl (C=O) groups is 1. The molecule has 2 atom stereocenters. The molecule has 1 fully saturated rings. The highest BCUT2D eigenvalue weighted by atomic mass is 32.1. The molecule has 1 saturated heterocycles. The molecule has 4 nitrogen and oxygen atoms in total. The third kappa shape index (κ3) is 2.58. The predicted molar refractivity (Wildman–Crippen MR) is 72.7 cm³/mol. The van der Waals surface area contributed by atoms with Crippen molar-refractivity contribution in [2.45, 2.75) is 6.04 Å². The van der Waals surface area contributed by atoms with Crippen LogP contribution in [0, 0.1) is 11.7 Å². The van der Waals surface area contributed by atoms with Crippen LogP contribution in [0.15, 0.2) is 36.5 Å². The summed E-state index contributed by atoms with van der Waals surface area (Å²) in [6, 6.07) is 5.58. The van der Waals surface area contributed by atoms with Gasteiger partial charge in [-0.1, -0.05) is 24.8 Å². The van der Waals surface area contributed by atoms with Gasteiger partial charge in [0.2, 0.25) is 0 Å². The van der Waals surface area contributed by atoms with E-state index in [0.29, 0.717) is 16.4 Å². The number of rotatable bonds is 2. The molecule has 0 unspecified atom stereocenters. The number of esters is 1. The van der Waals surface area contributed by atoms with Crippen LogP contribution < -0.4 is 10.6 Å². The van der Waals surface area contributed by atoms with E-state index in [1.54, 1.807) is 18.2 Å². The summed E-state index contributed by atoms with van der Waals surface area (Å²) < 4.78 is 18.6. The summed E-state index contributed by atoms with van der Waals surface area (Å²) in [7, 11) is 1.28. The molecule has 0 spiro atoms. The molecule has 0 saturated carbocycles. The standard InChI is InChI=1S/C13H13FN2O2S/c1-7-10(12(17)18-2)11(16-13(19)15-7)8-5-3-4-6-9(8)14/h3-6,10-11H,1H2,2H3,(H2,15,16,19)/t10-,11-/m0/s1. The first-order chi connectivity index (χ1) is 9.04. The van der Waals surface area contributed by atoms with Gasteiger partial charge in [0.25, 0.3) is 0 Å². The number of thiocarbonyl (C=S) groups is 1. The minimum absolute atomic E-state index is 0.304. The van der Waals surface area contributed by atoms with Crippen LogP contribution in [0.3, 0.4) is 0 Å². The molecule has 100 valence electrons. The van der Waals surface area contributed by atoms with E-state index in [0.717, 1.165) is 0 Å². The minimum Gasteiger partial charge on any atom is -0.468 e. The van der Waals surface area contributed by atoms with Gasteiger partial charge < -0.3 is 15.4 Å². The third-order valence-electron chi connectivity index (χ3n) is 2.96. The molecule has 2 rings (SSSR count). The summed E-state index contributed by atoms with van der Waals surface area (Å²) >= 11 is 5.02. The second kappa shape index (κ2) is 5.36. The Bertz CT molecular complexity index is 547. The van der Waals surface area contributed by atoms with Gasteiger partial charge in [0.15, 0.2) is 5.11 Å². The zero-order valence-corrected chi connectivity index (χ0v) is 11.1. The summed E-state index contributed by atoms with van der Waals surface area (Å²) in [6.07, 6.45) is 0. The highest BCUT2D eigenvalue weighted by Crippen LogP contribution is 2.31. The first-order valence-corrected chi connectivity index (χ1v) is 6.04. The van der Waals surface area contributed by atoms with Crippen molar-refractivity contribution in [3.63, 3.8) is 0 Å². The molecule has 1 aliphatic heterocycles. The quantitative estimate of drug-likeness (QED) is 0.637. The second-order valence-electron chi connectivity index (χ2n) is 4.12. The van der Waals surface area contributed by atoms with Gasteiger partial charge in [0.05, 0.1) is 13.2 Å². The van der Waals surface area contributed by atoms with Crippen molar-refractivity contribution in [2.24, 2.45) is 5.92 Å². The highest BCUT2D eigenvalue weighted by Gasteiger charge is 2.38. The molecule has 0 radical (unpaired) electrons. The van der Waals surface area contributed by atoms with Crippen LogP contribution in [0.1, 0.15) is 11.6 Å². The third-order valence-corrected chi connectivity index (χ3v) is 3.18. The number of methoxy groups -OCH3 is 1. The second-order valence-corrected chi connectivity index (χ2v) is 4.53. The van der Waals surface area contributed by atoms with Crippen LogP contribution in [-0.2, 0) is 9.53 Å². The van der Waals surface area contributed by atoms with Crippen molar-refractivity contribution in [1.82, 2.24) is 10.6 Å². The van der Waals surface area contributed by atoms with Crippen molar-refractivity contribution >= 4 is 23.3 Å². The minimum atomic E-state index is -0.742. The zero-order chi connectivity index (χ0) is 14.0. The monoisotopic (exact) mass is 280 g/mol. The van der Waals surface area contributed by atoms with Crippen molar-refractivity contribution < 1.29 is 13.9 Å². The molecule has 1 aliphatic rings. The summed E-state index contributed by atoms with van der Waals surface area (Å²) in [4.78, 5) is 11.9. The van der Waals surface area contributed by atoms with E-state index < -0.39 is 23.7 Å². The van der Waals surface area contributed by atoms with Gasteiger partial charge in [-0.2, -0.15) is 0 Å². The Morgan fingerprint density at radius 1 is 1.47 bits per heavy atom. The average molecular weight is 280 g/mol. The summed E-state index contributed by atoms with van der Waals surface area (Å²) in [6.45, 7) is 3.76. The van der Waals surface area contributed by atoms with Crippen molar-refractivity contribution in [3.05, 3.63) is 47.9 Å². The Morgan fingerprint density at radius 3 is 2.79 bits per heavy atom. The number of carbonyl (C=O) groups excluding carboxylic acids is 1. The van der Waals surface area contributed by atoms with Crippen LogP contribution >= 0.6 is 12.2 Å². The Hall–Kier alpha value is -1.95. The summed E-state index contributed by atoms with van der Waals surface area (Å²) in [5.74, 6) is -1.65. The Kier molecular flexibility index (Phi) is 3.80. The molecule has 2 N–H and O–H groups in total. The van der Waals surface area contributed by atoms with Crippen LogP contribution in [-0.4, -0.2) is 18.2 Å². The van der Waals surface area contributed by atoms with Gasteiger partial charge in [-0.15, -0.1) is 0 Å². The predicted octanol–water partition coefficient (Wildman–Crippen LogP) is 1.65. The topological polar surface area (TPSA) is 50.4 Å². The van der Waals surface area contributed by atoms with Crippen LogP contribution in [0.25, 0.3) is 0 Å². The molecule has 0 aliphatic carbocycles. The smallest absolute Gasteiger partial charge is 0.317 e. The molecular formula is C13H13FN2O2S. The normalized spacial score (nSPS) is 22.4. The van der Waals surface area contributed by atoms with E-state index in [4.69, 9.17) is 17.0 Å². The lowest BCUT2D eigenvalue weighted by Crippen LogP contribution is -2.51. The van der Waals surface area contributed by atoms with Crippen molar-refractivity contribution in [2.75, 3.05) is 7.11 Å². The fourth-order valence-corrected chi connectivity index (χ4v) is 2.33. The first kappa shape index (κ1) is 13.5. The molecule has 0 amide bonds. The first-order valence-electron chi connectivity index (χ1n) is 5.63. The van der Waals surface area contributed by atoms with Gasteiger partial charge in [0.1, 0.15) is 11.7 Å². The van der Waals surface area contributed by atoms with Crippen molar-refractivity contribution in [3.8, 4) is 0 Å². The molecule has 1 aromatic rings. The Morgan fingerprint density at radius 2 is 2.16 bits per heavy atom. The molecule has 1 aromatic carbocycles. The van der Waals surface area contributed by atoms with E-state index >= 15 is 0 Å². The van der Waals surface area contributed by atoms with Gasteiger partial charge >= 0.3 is 5.97 Å². The lowest BCUT2D eigenvalue weighted by molar-refractivity contribution is -0.145. The lowest BCUT2D eigenvalue weighted by atomic mass is 9.89. The van der Waals surface area contributed by atoms with Crippen LogP contribution in [0.2, 0.25) is 0 Å². The van der Waals surface area contributed by atoms with Crippen LogP contribution in [0.4, 0.5) is 4.39 Å². The highest BCUT2D eigenvalue weighted by molar-refractivity contribution is 7.80. The fourth-order valence-electron chi connectivity index (χ4n) is 2.08. The number of benzene rings is 1. The number of hydrogen-bond donors (Lipinski definition) is 2. The Balaban J connectivity index is 2.44. The molecule has 6 heteroatoms. The van der Waals surface area contributed by atoms with E-state index in [-0.39, 0.29) is 0 Å². The molecule has 19 heavy (non-hydrogen) atoms. The number of ether oxygens (including phenoxy) is 1. The van der Waals surface area contributed by atoms with E-state index in [9.17, 15) is 9.18 Å². The molecule has 1 heterocycles. The fraction of sp³-hybridized carbons (Fsp3) is 0.231. The van der Waals surface area contributed by atoms with Gasteiger partial charge in [0, 0.05) is 11.3 Å². The maximum absolute atomic E-state index is 13.9. The Labute approximate surface area is 115 Å². The largest absolute Gasteiger partial charge is 0.468 e. The summed E-state index contributed by atoms with van der Waals surface area (Å²) in [5, 5.41) is 5.96. The molecule has 0 aromatic heterocycles. The summed E-state index contributed by atoms with van der Waals surface area (Å²) in [5.41, 5.74) is 0.742. The van der Waals surface area contributed by atoms with E-state index in [1.807, 2.05) is 0 Å². The molecule has 0 bridgehead atoms. The van der Waals surface area contributed by atoms with E-state index in [2.05, 4.69) is 17.2 Å². The number of halogens is 1. The van der Waals surface area contributed by atoms with Crippen molar-refractivity contribution in [1.29, 1.82) is 0 Å². The number of nitrogens with one attached hydrogen (secondary N) is 2. The van der Waals surface area contributed by atoms with Gasteiger partial charge in [-0.25, -0.2) is 4.39 Å².